The number of aromatic nitrogens is 2. The monoisotopic (exact) mass is 474 g/mol. The van der Waals surface area contributed by atoms with E-state index in [4.69, 9.17) is 21.9 Å². The smallest absolute Gasteiger partial charge is 0.226 e. The maximum absolute atomic E-state index is 5.89. The minimum Gasteiger partial charge on any atom is -0.397 e. The van der Waals surface area contributed by atoms with Gasteiger partial charge < -0.3 is 26.2 Å². The average Bonchev–Trinajstić information content (AvgIpc) is 3.30. The third kappa shape index (κ3) is 9.82. The van der Waals surface area contributed by atoms with Gasteiger partial charge in [-0.1, -0.05) is 35.8 Å². The van der Waals surface area contributed by atoms with Crippen molar-refractivity contribution in [3.05, 3.63) is 58.9 Å². The van der Waals surface area contributed by atoms with Crippen molar-refractivity contribution in [1.82, 2.24) is 15.0 Å². The first-order valence-corrected chi connectivity index (χ1v) is 11.6. The van der Waals surface area contributed by atoms with Gasteiger partial charge in [-0.25, -0.2) is 0 Å². The molecule has 0 unspecified atom stereocenters. The van der Waals surface area contributed by atoms with Crippen molar-refractivity contribution >= 4 is 23.0 Å². The standard InChI is InChI=1S/C18H19ClN4O.C6H15N.CH5N/c1-21-16-11-13(7-10-15(16)20)18-22-17(24-23-18)4-2-3-12-5-8-14(19)9-6-12;1-5-7(4)6(2)3;1-2/h5-11,21H,2-4,20H2,1H3;6H,5H2,1-4H3;2H2,1H3. The number of aryl methyl sites for hydroxylation is 2. The van der Waals surface area contributed by atoms with E-state index in [-0.39, 0.29) is 0 Å². The summed E-state index contributed by atoms with van der Waals surface area (Å²) in [6.45, 7) is 7.71. The Bertz CT molecular complexity index is 927. The van der Waals surface area contributed by atoms with E-state index in [1.165, 1.54) is 12.6 Å². The summed E-state index contributed by atoms with van der Waals surface area (Å²) in [4.78, 5) is 6.76. The van der Waals surface area contributed by atoms with E-state index in [2.05, 4.69) is 53.9 Å². The molecule has 7 nitrogen and oxygen atoms in total. The Hall–Kier alpha value is -2.61. The van der Waals surface area contributed by atoms with Crippen LogP contribution < -0.4 is 16.8 Å². The fraction of sp³-hybridized carbons (Fsp3) is 0.440. The highest BCUT2D eigenvalue weighted by molar-refractivity contribution is 6.30. The van der Waals surface area contributed by atoms with Gasteiger partial charge in [-0.2, -0.15) is 4.98 Å². The lowest BCUT2D eigenvalue weighted by Gasteiger charge is -2.17. The Morgan fingerprint density at radius 1 is 1.09 bits per heavy atom. The SMILES string of the molecule is CCN(C)C(C)C.CN.CNc1cc(-c2noc(CCCc3ccc(Cl)cc3)n2)ccc1N. The second-order valence-electron chi connectivity index (χ2n) is 7.71. The zero-order valence-electron chi connectivity index (χ0n) is 20.7. The summed E-state index contributed by atoms with van der Waals surface area (Å²) in [5, 5.41) is 7.86. The number of hydrogen-bond donors (Lipinski definition) is 3. The third-order valence-corrected chi connectivity index (χ3v) is 5.45. The molecule has 0 saturated heterocycles. The van der Waals surface area contributed by atoms with Gasteiger partial charge >= 0.3 is 0 Å². The molecule has 3 rings (SSSR count). The Morgan fingerprint density at radius 3 is 2.30 bits per heavy atom. The van der Waals surface area contributed by atoms with Crippen LogP contribution in [-0.2, 0) is 12.8 Å². The van der Waals surface area contributed by atoms with E-state index in [0.717, 1.165) is 42.1 Å². The van der Waals surface area contributed by atoms with Crippen molar-refractivity contribution in [1.29, 1.82) is 0 Å². The second kappa shape index (κ2) is 15.3. The number of hydrogen-bond acceptors (Lipinski definition) is 7. The van der Waals surface area contributed by atoms with E-state index in [0.29, 0.717) is 23.4 Å². The summed E-state index contributed by atoms with van der Waals surface area (Å²) < 4.78 is 5.35. The molecule has 0 radical (unpaired) electrons. The van der Waals surface area contributed by atoms with Crippen LogP contribution in [0.3, 0.4) is 0 Å². The Morgan fingerprint density at radius 2 is 1.76 bits per heavy atom. The molecule has 0 aliphatic rings. The number of nitrogens with one attached hydrogen (secondary N) is 1. The zero-order chi connectivity index (χ0) is 24.8. The Balaban J connectivity index is 0.000000520. The van der Waals surface area contributed by atoms with Crippen LogP contribution in [0.25, 0.3) is 11.4 Å². The Labute approximate surface area is 203 Å². The van der Waals surface area contributed by atoms with Crippen molar-refractivity contribution in [3.63, 3.8) is 0 Å². The zero-order valence-corrected chi connectivity index (χ0v) is 21.5. The van der Waals surface area contributed by atoms with Crippen LogP contribution in [0, 0.1) is 0 Å². The number of anilines is 2. The molecule has 8 heteroatoms. The van der Waals surface area contributed by atoms with Crippen LogP contribution in [0.1, 0.15) is 38.6 Å². The molecule has 2 aromatic carbocycles. The second-order valence-corrected chi connectivity index (χ2v) is 8.15. The molecule has 0 fully saturated rings. The van der Waals surface area contributed by atoms with E-state index in [9.17, 15) is 0 Å². The minimum absolute atomic E-state index is 0.577. The number of nitrogens with zero attached hydrogens (tertiary/aromatic N) is 3. The average molecular weight is 475 g/mol. The maximum Gasteiger partial charge on any atom is 0.226 e. The molecule has 1 aromatic heterocycles. The normalized spacial score (nSPS) is 10.4. The first-order valence-electron chi connectivity index (χ1n) is 11.3. The topological polar surface area (TPSA) is 106 Å². The highest BCUT2D eigenvalue weighted by Crippen LogP contribution is 2.25. The summed E-state index contributed by atoms with van der Waals surface area (Å²) in [5.74, 6) is 1.22. The van der Waals surface area contributed by atoms with Gasteiger partial charge in [-0.15, -0.1) is 0 Å². The number of rotatable bonds is 8. The molecule has 0 aliphatic carbocycles. The minimum atomic E-state index is 0.577. The molecule has 0 spiro atoms. The van der Waals surface area contributed by atoms with Crippen LogP contribution >= 0.6 is 11.6 Å². The van der Waals surface area contributed by atoms with Crippen LogP contribution in [-0.4, -0.2) is 48.8 Å². The highest BCUT2D eigenvalue weighted by atomic mass is 35.5. The van der Waals surface area contributed by atoms with Gasteiger partial charge in [0.05, 0.1) is 11.4 Å². The van der Waals surface area contributed by atoms with Crippen LogP contribution in [0.2, 0.25) is 5.02 Å². The predicted molar refractivity (Wildman–Crippen MR) is 141 cm³/mol. The largest absolute Gasteiger partial charge is 0.397 e. The molecule has 1 heterocycles. The molecule has 0 amide bonds. The lowest BCUT2D eigenvalue weighted by atomic mass is 10.1. The van der Waals surface area contributed by atoms with Crippen LogP contribution in [0.4, 0.5) is 11.4 Å². The molecule has 0 bridgehead atoms. The van der Waals surface area contributed by atoms with Gasteiger partial charge in [0.15, 0.2) is 0 Å². The van der Waals surface area contributed by atoms with E-state index >= 15 is 0 Å². The lowest BCUT2D eigenvalue weighted by molar-refractivity contribution is 0.289. The maximum atomic E-state index is 5.89. The summed E-state index contributed by atoms with van der Waals surface area (Å²) in [6.07, 6.45) is 2.62. The van der Waals surface area contributed by atoms with Crippen LogP contribution in [0.15, 0.2) is 47.0 Å². The summed E-state index contributed by atoms with van der Waals surface area (Å²) in [6, 6.07) is 14.2. The quantitative estimate of drug-likeness (QED) is 0.389. The molecule has 0 atom stereocenters. The van der Waals surface area contributed by atoms with Gasteiger partial charge in [0.25, 0.3) is 0 Å². The lowest BCUT2D eigenvalue weighted by Crippen LogP contribution is -2.25. The summed E-state index contributed by atoms with van der Waals surface area (Å²) in [7, 11) is 5.46. The molecule has 182 valence electrons. The first kappa shape index (κ1) is 28.4. The molecular weight excluding hydrogens is 436 g/mol. The van der Waals surface area contributed by atoms with Crippen molar-refractivity contribution in [2.75, 3.05) is 38.7 Å². The fourth-order valence-electron chi connectivity index (χ4n) is 2.85. The first-order chi connectivity index (χ1) is 15.8. The highest BCUT2D eigenvalue weighted by Gasteiger charge is 2.10. The Kier molecular flexibility index (Phi) is 13.1. The van der Waals surface area contributed by atoms with Gasteiger partial charge in [-0.05, 0) is 83.2 Å². The van der Waals surface area contributed by atoms with Gasteiger partial charge in [0.2, 0.25) is 11.7 Å². The molecule has 3 aromatic rings. The van der Waals surface area contributed by atoms with Crippen molar-refractivity contribution in [2.24, 2.45) is 5.73 Å². The van der Waals surface area contributed by atoms with Crippen molar-refractivity contribution < 1.29 is 4.52 Å². The number of nitrogen functional groups attached to an aromatic ring is 1. The summed E-state index contributed by atoms with van der Waals surface area (Å²) >= 11 is 5.89. The van der Waals surface area contributed by atoms with Crippen LogP contribution in [0.5, 0.6) is 0 Å². The number of nitrogens with two attached hydrogens (primary N) is 2. The summed E-state index contributed by atoms with van der Waals surface area (Å²) in [5.41, 5.74) is 14.0. The molecule has 33 heavy (non-hydrogen) atoms. The molecule has 0 saturated carbocycles. The van der Waals surface area contributed by atoms with Crippen molar-refractivity contribution in [3.8, 4) is 11.4 Å². The van der Waals surface area contributed by atoms with E-state index < -0.39 is 0 Å². The van der Waals surface area contributed by atoms with Gasteiger partial charge in [-0.3, -0.25) is 0 Å². The number of benzene rings is 2. The van der Waals surface area contributed by atoms with Gasteiger partial charge in [0, 0.05) is 30.1 Å². The fourth-order valence-corrected chi connectivity index (χ4v) is 2.97. The van der Waals surface area contributed by atoms with Gasteiger partial charge in [0.1, 0.15) is 0 Å². The van der Waals surface area contributed by atoms with E-state index in [1.54, 1.807) is 0 Å². The molecular formula is C25H39ClN6O. The number of halogens is 1. The third-order valence-electron chi connectivity index (χ3n) is 5.20. The molecule has 5 N–H and O–H groups in total. The van der Waals surface area contributed by atoms with E-state index in [1.807, 2.05) is 49.5 Å². The molecule has 0 aliphatic heterocycles. The van der Waals surface area contributed by atoms with Crippen molar-refractivity contribution in [2.45, 2.75) is 46.1 Å². The predicted octanol–water partition coefficient (Wildman–Crippen LogP) is 5.11.